The van der Waals surface area contributed by atoms with Crippen molar-refractivity contribution in [3.8, 4) is 5.88 Å². The van der Waals surface area contributed by atoms with Gasteiger partial charge in [-0.1, -0.05) is 0 Å². The van der Waals surface area contributed by atoms with Gasteiger partial charge in [-0.05, 0) is 0 Å². The predicted molar refractivity (Wildman–Crippen MR) is 49.3 cm³/mol. The van der Waals surface area contributed by atoms with Crippen molar-refractivity contribution in [2.24, 2.45) is 19.8 Å². The first-order chi connectivity index (χ1) is 6.57. The molecular weight excluding hydrogens is 188 g/mol. The molecule has 0 atom stereocenters. The standard InChI is InChI=1S/C7H12N4O3/c1-10-6(12)5(14-4-3-8)9-11(2)7(10)13/h3-4,8H2,1-2H3. The number of aromatic nitrogens is 3. The Morgan fingerprint density at radius 1 is 1.43 bits per heavy atom. The molecule has 1 aromatic heterocycles. The van der Waals surface area contributed by atoms with Crippen molar-refractivity contribution in [2.75, 3.05) is 13.2 Å². The number of hydrogen-bond acceptors (Lipinski definition) is 5. The minimum Gasteiger partial charge on any atom is -0.471 e. The fraction of sp³-hybridized carbons (Fsp3) is 0.571. The minimum atomic E-state index is -0.554. The maximum absolute atomic E-state index is 11.4. The van der Waals surface area contributed by atoms with Gasteiger partial charge in [-0.25, -0.2) is 9.48 Å². The molecule has 0 radical (unpaired) electrons. The maximum atomic E-state index is 11.4. The van der Waals surface area contributed by atoms with Crippen LogP contribution in [0.5, 0.6) is 5.88 Å². The van der Waals surface area contributed by atoms with Crippen molar-refractivity contribution < 1.29 is 4.74 Å². The molecule has 0 bridgehead atoms. The van der Waals surface area contributed by atoms with Gasteiger partial charge >= 0.3 is 11.2 Å². The molecule has 1 aromatic rings. The zero-order valence-electron chi connectivity index (χ0n) is 8.06. The van der Waals surface area contributed by atoms with Gasteiger partial charge in [-0.3, -0.25) is 9.36 Å². The summed E-state index contributed by atoms with van der Waals surface area (Å²) in [5, 5.41) is 3.66. The lowest BCUT2D eigenvalue weighted by Gasteiger charge is -2.05. The predicted octanol–water partition coefficient (Wildman–Crippen LogP) is -2.18. The molecule has 0 amide bonds. The molecule has 0 aromatic carbocycles. The van der Waals surface area contributed by atoms with Gasteiger partial charge in [0.25, 0.3) is 5.88 Å². The smallest absolute Gasteiger partial charge is 0.347 e. The van der Waals surface area contributed by atoms with Gasteiger partial charge in [-0.15, -0.1) is 5.10 Å². The van der Waals surface area contributed by atoms with Crippen LogP contribution >= 0.6 is 0 Å². The summed E-state index contributed by atoms with van der Waals surface area (Å²) >= 11 is 0. The summed E-state index contributed by atoms with van der Waals surface area (Å²) in [7, 11) is 2.80. The van der Waals surface area contributed by atoms with Gasteiger partial charge in [0.15, 0.2) is 0 Å². The summed E-state index contributed by atoms with van der Waals surface area (Å²) in [5.41, 5.74) is 4.16. The van der Waals surface area contributed by atoms with Gasteiger partial charge in [-0.2, -0.15) is 0 Å². The molecule has 1 rings (SSSR count). The van der Waals surface area contributed by atoms with Crippen LogP contribution in [0.4, 0.5) is 0 Å². The van der Waals surface area contributed by atoms with E-state index < -0.39 is 11.2 Å². The Morgan fingerprint density at radius 3 is 2.64 bits per heavy atom. The van der Waals surface area contributed by atoms with Crippen LogP contribution in [0.1, 0.15) is 0 Å². The van der Waals surface area contributed by atoms with E-state index in [-0.39, 0.29) is 19.0 Å². The lowest BCUT2D eigenvalue weighted by atomic mass is 10.7. The average Bonchev–Trinajstić information content (AvgIpc) is 2.18. The van der Waals surface area contributed by atoms with Gasteiger partial charge in [0, 0.05) is 20.6 Å². The molecule has 0 fully saturated rings. The molecule has 14 heavy (non-hydrogen) atoms. The fourth-order valence-corrected chi connectivity index (χ4v) is 0.915. The summed E-state index contributed by atoms with van der Waals surface area (Å²) in [6, 6.07) is 0. The first kappa shape index (κ1) is 10.5. The summed E-state index contributed by atoms with van der Waals surface area (Å²) in [6.07, 6.45) is 0. The van der Waals surface area contributed by atoms with Crippen LogP contribution in [-0.2, 0) is 14.1 Å². The molecule has 0 aliphatic carbocycles. The Bertz CT molecular complexity index is 434. The third kappa shape index (κ3) is 1.82. The third-order valence-corrected chi connectivity index (χ3v) is 1.65. The summed E-state index contributed by atoms with van der Waals surface area (Å²) in [5.74, 6) is -0.111. The highest BCUT2D eigenvalue weighted by molar-refractivity contribution is 5.01. The van der Waals surface area contributed by atoms with Crippen molar-refractivity contribution in [3.05, 3.63) is 20.8 Å². The summed E-state index contributed by atoms with van der Waals surface area (Å²) in [4.78, 5) is 22.6. The highest BCUT2D eigenvalue weighted by Gasteiger charge is 2.08. The third-order valence-electron chi connectivity index (χ3n) is 1.65. The monoisotopic (exact) mass is 200 g/mol. The molecule has 0 aliphatic rings. The largest absolute Gasteiger partial charge is 0.471 e. The molecular formula is C7H12N4O3. The molecule has 0 saturated heterocycles. The van der Waals surface area contributed by atoms with E-state index in [1.807, 2.05) is 0 Å². The Labute approximate surface area is 79.7 Å². The molecule has 0 unspecified atom stereocenters. The van der Waals surface area contributed by atoms with Crippen LogP contribution in [0, 0.1) is 0 Å². The van der Waals surface area contributed by atoms with Gasteiger partial charge in [0.1, 0.15) is 6.61 Å². The van der Waals surface area contributed by atoms with Crippen LogP contribution in [0.25, 0.3) is 0 Å². The van der Waals surface area contributed by atoms with E-state index in [4.69, 9.17) is 10.5 Å². The first-order valence-electron chi connectivity index (χ1n) is 4.05. The molecule has 7 nitrogen and oxygen atoms in total. The van der Waals surface area contributed by atoms with Crippen molar-refractivity contribution in [2.45, 2.75) is 0 Å². The Hall–Kier alpha value is -1.63. The second kappa shape index (κ2) is 4.05. The van der Waals surface area contributed by atoms with Gasteiger partial charge < -0.3 is 10.5 Å². The molecule has 1 heterocycles. The minimum absolute atomic E-state index is 0.111. The summed E-state index contributed by atoms with van der Waals surface area (Å²) < 4.78 is 6.94. The van der Waals surface area contributed by atoms with Crippen LogP contribution in [0.2, 0.25) is 0 Å². The Morgan fingerprint density at radius 2 is 2.07 bits per heavy atom. The van der Waals surface area contributed by atoms with Crippen LogP contribution in [0.15, 0.2) is 9.59 Å². The van der Waals surface area contributed by atoms with Crippen molar-refractivity contribution >= 4 is 0 Å². The number of ether oxygens (including phenoxy) is 1. The topological polar surface area (TPSA) is 92.1 Å². The quantitative estimate of drug-likeness (QED) is 0.598. The molecule has 2 N–H and O–H groups in total. The lowest BCUT2D eigenvalue weighted by molar-refractivity contribution is 0.294. The van der Waals surface area contributed by atoms with E-state index in [2.05, 4.69) is 5.10 Å². The van der Waals surface area contributed by atoms with Gasteiger partial charge in [0.05, 0.1) is 0 Å². The Kier molecular flexibility index (Phi) is 3.03. The number of aryl methyl sites for hydroxylation is 1. The van der Waals surface area contributed by atoms with Gasteiger partial charge in [0.2, 0.25) is 0 Å². The van der Waals surface area contributed by atoms with E-state index in [9.17, 15) is 9.59 Å². The molecule has 0 aliphatic heterocycles. The van der Waals surface area contributed by atoms with Crippen LogP contribution < -0.4 is 21.7 Å². The molecule has 0 spiro atoms. The zero-order valence-corrected chi connectivity index (χ0v) is 8.06. The van der Waals surface area contributed by atoms with Crippen LogP contribution in [-0.4, -0.2) is 27.5 Å². The second-order valence-electron chi connectivity index (χ2n) is 2.71. The van der Waals surface area contributed by atoms with E-state index in [0.29, 0.717) is 0 Å². The molecule has 7 heteroatoms. The number of rotatable bonds is 3. The number of nitrogens with zero attached hydrogens (tertiary/aromatic N) is 3. The highest BCUT2D eigenvalue weighted by Crippen LogP contribution is 1.91. The normalized spacial score (nSPS) is 10.2. The van der Waals surface area contributed by atoms with E-state index in [1.54, 1.807) is 0 Å². The SMILES string of the molecule is Cn1nc(OCCN)c(=O)n(C)c1=O. The van der Waals surface area contributed by atoms with E-state index in [1.165, 1.54) is 14.1 Å². The first-order valence-corrected chi connectivity index (χ1v) is 4.05. The Balaban J connectivity index is 3.20. The highest BCUT2D eigenvalue weighted by atomic mass is 16.5. The maximum Gasteiger partial charge on any atom is 0.347 e. The lowest BCUT2D eigenvalue weighted by Crippen LogP contribution is -2.39. The average molecular weight is 200 g/mol. The van der Waals surface area contributed by atoms with E-state index >= 15 is 0 Å². The summed E-state index contributed by atoms with van der Waals surface area (Å²) in [6.45, 7) is 0.480. The number of hydrogen-bond donors (Lipinski definition) is 1. The van der Waals surface area contributed by atoms with Crippen molar-refractivity contribution in [1.82, 2.24) is 14.3 Å². The van der Waals surface area contributed by atoms with Crippen LogP contribution in [0.3, 0.4) is 0 Å². The zero-order chi connectivity index (χ0) is 10.7. The molecule has 78 valence electrons. The number of nitrogens with two attached hydrogens (primary N) is 1. The van der Waals surface area contributed by atoms with E-state index in [0.717, 1.165) is 9.25 Å². The van der Waals surface area contributed by atoms with Crippen molar-refractivity contribution in [1.29, 1.82) is 0 Å². The molecule has 0 saturated carbocycles. The second-order valence-corrected chi connectivity index (χ2v) is 2.71. The van der Waals surface area contributed by atoms with Crippen molar-refractivity contribution in [3.63, 3.8) is 0 Å². The fourth-order valence-electron chi connectivity index (χ4n) is 0.915.